The van der Waals surface area contributed by atoms with Crippen molar-refractivity contribution in [3.05, 3.63) is 35.5 Å². The van der Waals surface area contributed by atoms with Gasteiger partial charge in [-0.15, -0.1) is 0 Å². The molecule has 4 heterocycles. The van der Waals surface area contributed by atoms with Crippen LogP contribution in [0.1, 0.15) is 29.9 Å². The molecule has 0 amide bonds. The molecular formula is C18H26N4O3. The SMILES string of the molecule is Cc1noc(C)c1CN1CCOC[C@]2(CC[C@@H](Cn3cccn3)O2)C1. The lowest BCUT2D eigenvalue weighted by atomic mass is 9.99. The van der Waals surface area contributed by atoms with Gasteiger partial charge in [-0.3, -0.25) is 9.58 Å². The molecule has 0 aromatic carbocycles. The normalized spacial score (nSPS) is 27.8. The van der Waals surface area contributed by atoms with Crippen LogP contribution in [0, 0.1) is 13.8 Å². The van der Waals surface area contributed by atoms with Crippen LogP contribution in [0.3, 0.4) is 0 Å². The molecule has 1 spiro atoms. The zero-order valence-corrected chi connectivity index (χ0v) is 15.0. The third kappa shape index (κ3) is 3.63. The second-order valence-electron chi connectivity index (χ2n) is 7.26. The first-order valence-corrected chi connectivity index (χ1v) is 9.01. The second-order valence-corrected chi connectivity index (χ2v) is 7.26. The van der Waals surface area contributed by atoms with Gasteiger partial charge in [-0.25, -0.2) is 0 Å². The molecule has 7 heteroatoms. The van der Waals surface area contributed by atoms with E-state index in [0.717, 1.165) is 57.1 Å². The zero-order valence-electron chi connectivity index (χ0n) is 15.0. The maximum Gasteiger partial charge on any atom is 0.138 e. The molecule has 7 nitrogen and oxygen atoms in total. The molecule has 2 aromatic heterocycles. The van der Waals surface area contributed by atoms with Gasteiger partial charge in [0, 0.05) is 37.6 Å². The highest BCUT2D eigenvalue weighted by molar-refractivity contribution is 5.20. The molecule has 0 bridgehead atoms. The van der Waals surface area contributed by atoms with Gasteiger partial charge in [0.25, 0.3) is 0 Å². The average Bonchev–Trinajstić information content (AvgIpc) is 3.27. The highest BCUT2D eigenvalue weighted by atomic mass is 16.6. The quantitative estimate of drug-likeness (QED) is 0.843. The molecule has 2 aromatic rings. The van der Waals surface area contributed by atoms with Crippen LogP contribution in [0.5, 0.6) is 0 Å². The summed E-state index contributed by atoms with van der Waals surface area (Å²) in [7, 11) is 0. The van der Waals surface area contributed by atoms with Gasteiger partial charge in [0.15, 0.2) is 0 Å². The van der Waals surface area contributed by atoms with E-state index >= 15 is 0 Å². The molecule has 0 radical (unpaired) electrons. The highest BCUT2D eigenvalue weighted by Gasteiger charge is 2.43. The summed E-state index contributed by atoms with van der Waals surface area (Å²) in [5, 5.41) is 8.37. The number of ether oxygens (including phenoxy) is 2. The van der Waals surface area contributed by atoms with Gasteiger partial charge in [0.05, 0.1) is 31.6 Å². The van der Waals surface area contributed by atoms with Crippen molar-refractivity contribution in [1.29, 1.82) is 0 Å². The monoisotopic (exact) mass is 346 g/mol. The van der Waals surface area contributed by atoms with Crippen molar-refractivity contribution in [3.63, 3.8) is 0 Å². The van der Waals surface area contributed by atoms with Crippen molar-refractivity contribution in [2.45, 2.75) is 51.5 Å². The third-order valence-corrected chi connectivity index (χ3v) is 5.28. The molecular weight excluding hydrogens is 320 g/mol. The van der Waals surface area contributed by atoms with Crippen LogP contribution in [0.25, 0.3) is 0 Å². The predicted octanol–water partition coefficient (Wildman–Crippen LogP) is 1.94. The lowest BCUT2D eigenvalue weighted by Gasteiger charge is -2.32. The number of nitrogens with zero attached hydrogens (tertiary/aromatic N) is 4. The van der Waals surface area contributed by atoms with E-state index in [1.807, 2.05) is 37.0 Å². The Morgan fingerprint density at radius 2 is 2.28 bits per heavy atom. The Bertz CT molecular complexity index is 680. The minimum Gasteiger partial charge on any atom is -0.377 e. The van der Waals surface area contributed by atoms with E-state index in [1.165, 1.54) is 5.56 Å². The fourth-order valence-electron chi connectivity index (χ4n) is 3.93. The molecule has 136 valence electrons. The van der Waals surface area contributed by atoms with Gasteiger partial charge in [-0.05, 0) is 32.8 Å². The molecule has 2 saturated heterocycles. The Labute approximate surface area is 147 Å². The Morgan fingerprint density at radius 1 is 1.36 bits per heavy atom. The minimum absolute atomic E-state index is 0.197. The standard InChI is InChI=1S/C18H26N4O3/c1-14-17(15(2)25-20-14)11-21-8-9-23-13-18(12-21)5-4-16(24-18)10-22-7-3-6-19-22/h3,6-7,16H,4-5,8-13H2,1-2H3/t16-,18-/m0/s1. The number of aryl methyl sites for hydroxylation is 2. The first-order valence-electron chi connectivity index (χ1n) is 9.01. The summed E-state index contributed by atoms with van der Waals surface area (Å²) in [5.74, 6) is 0.903. The topological polar surface area (TPSA) is 65.5 Å². The molecule has 4 rings (SSSR count). The van der Waals surface area contributed by atoms with Crippen molar-refractivity contribution in [3.8, 4) is 0 Å². The van der Waals surface area contributed by atoms with Crippen LogP contribution in [-0.4, -0.2) is 57.8 Å². The van der Waals surface area contributed by atoms with Crippen LogP contribution in [-0.2, 0) is 22.6 Å². The van der Waals surface area contributed by atoms with E-state index in [9.17, 15) is 0 Å². The van der Waals surface area contributed by atoms with E-state index in [1.54, 1.807) is 0 Å². The summed E-state index contributed by atoms with van der Waals surface area (Å²) in [4.78, 5) is 2.41. The van der Waals surface area contributed by atoms with Crippen molar-refractivity contribution < 1.29 is 14.0 Å². The van der Waals surface area contributed by atoms with Crippen molar-refractivity contribution >= 4 is 0 Å². The van der Waals surface area contributed by atoms with Crippen molar-refractivity contribution in [1.82, 2.24) is 19.8 Å². The summed E-state index contributed by atoms with van der Waals surface area (Å²) >= 11 is 0. The first kappa shape index (κ1) is 16.8. The number of aromatic nitrogens is 3. The first-order chi connectivity index (χ1) is 12.1. The van der Waals surface area contributed by atoms with Crippen LogP contribution < -0.4 is 0 Å². The number of rotatable bonds is 4. The maximum atomic E-state index is 6.49. The van der Waals surface area contributed by atoms with Gasteiger partial charge in [-0.2, -0.15) is 5.10 Å². The largest absolute Gasteiger partial charge is 0.377 e. The minimum atomic E-state index is -0.215. The molecule has 2 atom stereocenters. The molecule has 0 unspecified atom stereocenters. The van der Waals surface area contributed by atoms with Crippen molar-refractivity contribution in [2.75, 3.05) is 26.3 Å². The Balaban J connectivity index is 1.43. The van der Waals surface area contributed by atoms with E-state index in [2.05, 4.69) is 15.2 Å². The number of hydrogen-bond donors (Lipinski definition) is 0. The van der Waals surface area contributed by atoms with Gasteiger partial charge in [0.2, 0.25) is 0 Å². The predicted molar refractivity (Wildman–Crippen MR) is 91.1 cm³/mol. The van der Waals surface area contributed by atoms with Gasteiger partial charge >= 0.3 is 0 Å². The Morgan fingerprint density at radius 3 is 3.04 bits per heavy atom. The molecule has 0 N–H and O–H groups in total. The molecule has 25 heavy (non-hydrogen) atoms. The lowest BCUT2D eigenvalue weighted by Crippen LogP contribution is -2.44. The van der Waals surface area contributed by atoms with Crippen LogP contribution in [0.4, 0.5) is 0 Å². The fourth-order valence-corrected chi connectivity index (χ4v) is 3.93. The summed E-state index contributed by atoms with van der Waals surface area (Å²) < 4.78 is 19.6. The van der Waals surface area contributed by atoms with Crippen molar-refractivity contribution in [2.24, 2.45) is 0 Å². The maximum absolute atomic E-state index is 6.49. The van der Waals surface area contributed by atoms with E-state index in [0.29, 0.717) is 6.61 Å². The molecule has 2 aliphatic rings. The molecule has 2 fully saturated rings. The van der Waals surface area contributed by atoms with Gasteiger partial charge < -0.3 is 14.0 Å². The lowest BCUT2D eigenvalue weighted by molar-refractivity contribution is -0.0905. The summed E-state index contributed by atoms with van der Waals surface area (Å²) in [5.41, 5.74) is 1.94. The zero-order chi connectivity index (χ0) is 17.3. The van der Waals surface area contributed by atoms with E-state index in [4.69, 9.17) is 14.0 Å². The van der Waals surface area contributed by atoms with Gasteiger partial charge in [0.1, 0.15) is 11.4 Å². The summed E-state index contributed by atoms with van der Waals surface area (Å²) in [6, 6.07) is 1.95. The molecule has 2 aliphatic heterocycles. The van der Waals surface area contributed by atoms with Crippen LogP contribution >= 0.6 is 0 Å². The molecule has 0 aliphatic carbocycles. The average molecular weight is 346 g/mol. The Kier molecular flexibility index (Phi) is 4.62. The summed E-state index contributed by atoms with van der Waals surface area (Å²) in [6.07, 6.45) is 6.06. The highest BCUT2D eigenvalue weighted by Crippen LogP contribution is 2.34. The summed E-state index contributed by atoms with van der Waals surface area (Å²) in [6.45, 7) is 8.80. The van der Waals surface area contributed by atoms with E-state index in [-0.39, 0.29) is 11.7 Å². The Hall–Kier alpha value is -1.70. The van der Waals surface area contributed by atoms with Crippen LogP contribution in [0.15, 0.2) is 23.0 Å². The third-order valence-electron chi connectivity index (χ3n) is 5.28. The second kappa shape index (κ2) is 6.90. The molecule has 0 saturated carbocycles. The fraction of sp³-hybridized carbons (Fsp3) is 0.667. The van der Waals surface area contributed by atoms with Gasteiger partial charge in [-0.1, -0.05) is 5.16 Å². The van der Waals surface area contributed by atoms with E-state index < -0.39 is 0 Å². The number of hydrogen-bond acceptors (Lipinski definition) is 6. The smallest absolute Gasteiger partial charge is 0.138 e. The van der Waals surface area contributed by atoms with Crippen LogP contribution in [0.2, 0.25) is 0 Å².